The van der Waals surface area contributed by atoms with Gasteiger partial charge >= 0.3 is 8.56 Å². The second-order valence-corrected chi connectivity index (χ2v) is 19.4. The molecule has 0 aliphatic rings. The SMILES string of the molecule is CCC[Si](C)(C)O[Si](C)(CCC)O[Si](C)(C)C. The molecule has 17 heavy (non-hydrogen) atoms. The second-order valence-electron chi connectivity index (χ2n) is 6.71. The molecule has 0 N–H and O–H groups in total. The average molecular weight is 293 g/mol. The zero-order chi connectivity index (χ0) is 13.7. The highest BCUT2D eigenvalue weighted by Crippen LogP contribution is 2.27. The summed E-state index contributed by atoms with van der Waals surface area (Å²) in [6.07, 6.45) is 2.40. The van der Waals surface area contributed by atoms with Gasteiger partial charge in [-0.1, -0.05) is 26.7 Å². The van der Waals surface area contributed by atoms with Gasteiger partial charge in [-0.25, -0.2) is 0 Å². The number of rotatable bonds is 8. The molecule has 0 saturated carbocycles. The normalized spacial score (nSPS) is 16.9. The minimum atomic E-state index is -1.93. The molecule has 0 heterocycles. The summed E-state index contributed by atoms with van der Waals surface area (Å²) in [5, 5.41) is 0. The van der Waals surface area contributed by atoms with Crippen molar-refractivity contribution in [1.82, 2.24) is 0 Å². The fourth-order valence-electron chi connectivity index (χ4n) is 2.46. The van der Waals surface area contributed by atoms with Gasteiger partial charge in [-0.2, -0.15) is 0 Å². The summed E-state index contributed by atoms with van der Waals surface area (Å²) in [4.78, 5) is 0. The van der Waals surface area contributed by atoms with Gasteiger partial charge in [-0.05, 0) is 51.4 Å². The van der Waals surface area contributed by atoms with Crippen molar-refractivity contribution in [2.45, 2.75) is 78.1 Å². The molecule has 0 radical (unpaired) electrons. The maximum atomic E-state index is 6.57. The molecule has 0 aliphatic heterocycles. The predicted molar refractivity (Wildman–Crippen MR) is 84.8 cm³/mol. The fraction of sp³-hybridized carbons (Fsp3) is 1.00. The van der Waals surface area contributed by atoms with Crippen LogP contribution in [0, 0.1) is 0 Å². The Bertz CT molecular complexity index is 226. The fourth-order valence-corrected chi connectivity index (χ4v) is 16.2. The van der Waals surface area contributed by atoms with Crippen LogP contribution in [0.15, 0.2) is 0 Å². The molecule has 0 bridgehead atoms. The molecule has 0 spiro atoms. The van der Waals surface area contributed by atoms with E-state index in [1.807, 2.05) is 0 Å². The molecule has 1 atom stereocenters. The lowest BCUT2D eigenvalue weighted by atomic mass is 10.6. The van der Waals surface area contributed by atoms with Gasteiger partial charge in [0.25, 0.3) is 0 Å². The van der Waals surface area contributed by atoms with Crippen LogP contribution in [-0.2, 0) is 8.23 Å². The Labute approximate surface area is 112 Å². The molecule has 0 aromatic heterocycles. The molecular weight excluding hydrogens is 260 g/mol. The van der Waals surface area contributed by atoms with E-state index >= 15 is 0 Å². The van der Waals surface area contributed by atoms with E-state index in [1.54, 1.807) is 0 Å². The first-order valence-corrected chi connectivity index (χ1v) is 16.0. The van der Waals surface area contributed by atoms with Crippen LogP contribution in [0.2, 0.25) is 51.4 Å². The third-order valence-corrected chi connectivity index (χ3v) is 13.8. The first-order valence-electron chi connectivity index (χ1n) is 6.94. The van der Waals surface area contributed by atoms with Crippen LogP contribution in [0.4, 0.5) is 0 Å². The summed E-state index contributed by atoms with van der Waals surface area (Å²) in [5.41, 5.74) is 0. The predicted octanol–water partition coefficient (Wildman–Crippen LogP) is 4.95. The van der Waals surface area contributed by atoms with Gasteiger partial charge in [-0.15, -0.1) is 0 Å². The highest BCUT2D eigenvalue weighted by Gasteiger charge is 2.40. The molecular formula is C12H32O2Si3. The Morgan fingerprint density at radius 3 is 1.53 bits per heavy atom. The molecule has 0 aliphatic carbocycles. The lowest BCUT2D eigenvalue weighted by Gasteiger charge is -2.39. The van der Waals surface area contributed by atoms with E-state index in [-0.39, 0.29) is 0 Å². The third kappa shape index (κ3) is 8.31. The first-order chi connectivity index (χ1) is 7.54. The molecule has 0 saturated heterocycles. The molecule has 2 nitrogen and oxygen atoms in total. The summed E-state index contributed by atoms with van der Waals surface area (Å²) in [5.74, 6) is 0. The molecule has 104 valence electrons. The van der Waals surface area contributed by atoms with Crippen molar-refractivity contribution in [3.63, 3.8) is 0 Å². The Hall–Kier alpha value is 0.571. The molecule has 5 heteroatoms. The molecule has 1 unspecified atom stereocenters. The quantitative estimate of drug-likeness (QED) is 0.589. The van der Waals surface area contributed by atoms with Crippen molar-refractivity contribution in [2.24, 2.45) is 0 Å². The maximum Gasteiger partial charge on any atom is 0.314 e. The van der Waals surface area contributed by atoms with E-state index < -0.39 is 25.2 Å². The number of hydrogen-bond donors (Lipinski definition) is 0. The first kappa shape index (κ1) is 17.6. The maximum absolute atomic E-state index is 6.57. The Morgan fingerprint density at radius 2 is 1.18 bits per heavy atom. The lowest BCUT2D eigenvalue weighted by molar-refractivity contribution is 0.379. The van der Waals surface area contributed by atoms with Crippen LogP contribution < -0.4 is 0 Å². The van der Waals surface area contributed by atoms with E-state index in [2.05, 4.69) is 53.1 Å². The van der Waals surface area contributed by atoms with Gasteiger partial charge in [0.05, 0.1) is 0 Å². The van der Waals surface area contributed by atoms with E-state index in [0.717, 1.165) is 6.04 Å². The second kappa shape index (κ2) is 6.65. The lowest BCUT2D eigenvalue weighted by Crippen LogP contribution is -2.53. The average Bonchev–Trinajstić information content (AvgIpc) is 1.96. The van der Waals surface area contributed by atoms with Crippen molar-refractivity contribution in [1.29, 1.82) is 0 Å². The summed E-state index contributed by atoms with van der Waals surface area (Å²) in [6.45, 7) is 18.2. The highest BCUT2D eigenvalue weighted by atomic mass is 28.5. The minimum absolute atomic E-state index is 1.14. The molecule has 0 aromatic carbocycles. The molecule has 0 fully saturated rings. The van der Waals surface area contributed by atoms with E-state index in [1.165, 1.54) is 18.9 Å². The molecule has 0 rings (SSSR count). The smallest absolute Gasteiger partial charge is 0.314 e. The Morgan fingerprint density at radius 1 is 0.706 bits per heavy atom. The van der Waals surface area contributed by atoms with Crippen molar-refractivity contribution in [3.05, 3.63) is 0 Å². The van der Waals surface area contributed by atoms with Crippen LogP contribution in [0.5, 0.6) is 0 Å². The van der Waals surface area contributed by atoms with Crippen LogP contribution in [0.3, 0.4) is 0 Å². The van der Waals surface area contributed by atoms with Crippen molar-refractivity contribution in [3.8, 4) is 0 Å². The number of hydrogen-bond acceptors (Lipinski definition) is 2. The van der Waals surface area contributed by atoms with Crippen LogP contribution in [-0.4, -0.2) is 25.2 Å². The van der Waals surface area contributed by atoms with E-state index in [4.69, 9.17) is 8.23 Å². The van der Waals surface area contributed by atoms with Crippen molar-refractivity contribution < 1.29 is 8.23 Å². The third-order valence-electron chi connectivity index (χ3n) is 2.57. The van der Waals surface area contributed by atoms with E-state index in [0.29, 0.717) is 0 Å². The van der Waals surface area contributed by atoms with Gasteiger partial charge in [-0.3, -0.25) is 0 Å². The Kier molecular flexibility index (Phi) is 6.88. The largest absolute Gasteiger partial charge is 0.437 e. The van der Waals surface area contributed by atoms with Crippen LogP contribution in [0.1, 0.15) is 26.7 Å². The summed E-state index contributed by atoms with van der Waals surface area (Å²) in [6, 6.07) is 2.38. The zero-order valence-corrected chi connectivity index (χ0v) is 16.1. The zero-order valence-electron chi connectivity index (χ0n) is 13.1. The van der Waals surface area contributed by atoms with E-state index in [9.17, 15) is 0 Å². The minimum Gasteiger partial charge on any atom is -0.437 e. The monoisotopic (exact) mass is 292 g/mol. The van der Waals surface area contributed by atoms with Gasteiger partial charge in [0.1, 0.15) is 0 Å². The topological polar surface area (TPSA) is 18.5 Å². The standard InChI is InChI=1S/C12H32O2Si3/c1-9-11-16(6,7)14-17(8,12-10-2)13-15(3,4)5/h9-12H2,1-8H3. The summed E-state index contributed by atoms with van der Waals surface area (Å²) in [7, 11) is -4.94. The Balaban J connectivity index is 4.71. The summed E-state index contributed by atoms with van der Waals surface area (Å²) >= 11 is 0. The van der Waals surface area contributed by atoms with Gasteiger partial charge in [0.2, 0.25) is 0 Å². The van der Waals surface area contributed by atoms with Gasteiger partial charge in [0.15, 0.2) is 16.6 Å². The van der Waals surface area contributed by atoms with Gasteiger partial charge < -0.3 is 8.23 Å². The summed E-state index contributed by atoms with van der Waals surface area (Å²) < 4.78 is 13.0. The molecule has 0 aromatic rings. The van der Waals surface area contributed by atoms with Crippen LogP contribution in [0.25, 0.3) is 0 Å². The van der Waals surface area contributed by atoms with Gasteiger partial charge in [0, 0.05) is 0 Å². The van der Waals surface area contributed by atoms with Crippen molar-refractivity contribution >= 4 is 25.2 Å². The van der Waals surface area contributed by atoms with Crippen molar-refractivity contribution in [2.75, 3.05) is 0 Å². The highest BCUT2D eigenvalue weighted by molar-refractivity contribution is 6.88. The molecule has 0 amide bonds. The van der Waals surface area contributed by atoms with Crippen LogP contribution >= 0.6 is 0 Å².